The molecule has 1 amide bonds. The summed E-state index contributed by atoms with van der Waals surface area (Å²) in [5.41, 5.74) is 2.13. The molecule has 1 aromatic carbocycles. The van der Waals surface area contributed by atoms with E-state index in [0.29, 0.717) is 19.6 Å². The highest BCUT2D eigenvalue weighted by atomic mass is 35.5. The van der Waals surface area contributed by atoms with Gasteiger partial charge in [0, 0.05) is 30.0 Å². The van der Waals surface area contributed by atoms with Gasteiger partial charge in [-0.25, -0.2) is 0 Å². The summed E-state index contributed by atoms with van der Waals surface area (Å²) in [6, 6.07) is 11.8. The van der Waals surface area contributed by atoms with Crippen LogP contribution >= 0.6 is 23.2 Å². The lowest BCUT2D eigenvalue weighted by Crippen LogP contribution is -2.36. The Kier molecular flexibility index (Phi) is 6.55. The Hall–Kier alpha value is -1.45. The number of alkyl halides is 1. The monoisotopic (exact) mass is 352 g/mol. The molecule has 124 valence electrons. The highest BCUT2D eigenvalue weighted by Crippen LogP contribution is 2.18. The molecule has 5 heteroatoms. The number of nitrogens with zero attached hydrogens (tertiary/aromatic N) is 2. The van der Waals surface area contributed by atoms with Gasteiger partial charge in [-0.15, -0.1) is 11.6 Å². The number of rotatable bonds is 7. The summed E-state index contributed by atoms with van der Waals surface area (Å²) < 4.78 is 2.12. The van der Waals surface area contributed by atoms with Crippen molar-refractivity contribution in [3.05, 3.63) is 58.9 Å². The van der Waals surface area contributed by atoms with Gasteiger partial charge in [-0.3, -0.25) is 4.79 Å². The normalized spacial score (nSPS) is 12.2. The topological polar surface area (TPSA) is 25.2 Å². The molecular weight excluding hydrogens is 331 g/mol. The van der Waals surface area contributed by atoms with Crippen LogP contribution in [0.4, 0.5) is 0 Å². The zero-order valence-corrected chi connectivity index (χ0v) is 15.0. The van der Waals surface area contributed by atoms with Gasteiger partial charge < -0.3 is 9.47 Å². The summed E-state index contributed by atoms with van der Waals surface area (Å²) in [5.74, 6) is -0.0287. The highest BCUT2D eigenvalue weighted by molar-refractivity contribution is 6.31. The van der Waals surface area contributed by atoms with Crippen LogP contribution in [0.3, 0.4) is 0 Å². The molecule has 0 saturated carbocycles. The molecule has 0 bridgehead atoms. The highest BCUT2D eigenvalue weighted by Gasteiger charge is 2.19. The van der Waals surface area contributed by atoms with E-state index in [1.54, 1.807) is 6.92 Å². The molecule has 0 N–H and O–H groups in total. The zero-order valence-electron chi connectivity index (χ0n) is 13.5. The third-order valence-corrected chi connectivity index (χ3v) is 4.28. The van der Waals surface area contributed by atoms with E-state index in [1.165, 1.54) is 0 Å². The first-order valence-corrected chi connectivity index (χ1v) is 8.64. The van der Waals surface area contributed by atoms with Crippen LogP contribution in [-0.4, -0.2) is 27.3 Å². The first kappa shape index (κ1) is 17.9. The number of aromatic nitrogens is 1. The quantitative estimate of drug-likeness (QED) is 0.670. The van der Waals surface area contributed by atoms with Crippen molar-refractivity contribution in [3.8, 4) is 0 Å². The van der Waals surface area contributed by atoms with Crippen molar-refractivity contribution < 1.29 is 4.79 Å². The molecule has 2 rings (SSSR count). The minimum Gasteiger partial charge on any atom is -0.345 e. The van der Waals surface area contributed by atoms with Crippen LogP contribution in [0.25, 0.3) is 0 Å². The summed E-state index contributed by atoms with van der Waals surface area (Å²) in [5, 5.41) is 0.247. The van der Waals surface area contributed by atoms with Gasteiger partial charge in [0.05, 0.1) is 6.54 Å². The van der Waals surface area contributed by atoms with Gasteiger partial charge in [0.2, 0.25) is 5.91 Å². The third kappa shape index (κ3) is 4.76. The minimum absolute atomic E-state index is 0.0287. The Morgan fingerprint density at radius 2 is 2.00 bits per heavy atom. The number of hydrogen-bond donors (Lipinski definition) is 0. The van der Waals surface area contributed by atoms with E-state index in [9.17, 15) is 4.79 Å². The SMILES string of the molecule is CCCN(Cc1cccn1Cc1ccccc1Cl)C(=O)[C@@H](C)Cl. The van der Waals surface area contributed by atoms with Crippen LogP contribution in [0, 0.1) is 0 Å². The molecule has 3 nitrogen and oxygen atoms in total. The molecule has 0 saturated heterocycles. The molecule has 0 aliphatic heterocycles. The van der Waals surface area contributed by atoms with Crippen molar-refractivity contribution in [2.75, 3.05) is 6.54 Å². The van der Waals surface area contributed by atoms with Crippen LogP contribution in [-0.2, 0) is 17.9 Å². The maximum absolute atomic E-state index is 12.2. The molecule has 1 atom stereocenters. The summed E-state index contributed by atoms with van der Waals surface area (Å²) in [7, 11) is 0. The van der Waals surface area contributed by atoms with Crippen molar-refractivity contribution in [2.45, 2.75) is 38.7 Å². The average molecular weight is 353 g/mol. The van der Waals surface area contributed by atoms with Crippen LogP contribution in [0.1, 0.15) is 31.5 Å². The Balaban J connectivity index is 2.16. The van der Waals surface area contributed by atoms with E-state index in [0.717, 1.165) is 22.7 Å². The van der Waals surface area contributed by atoms with Crippen LogP contribution < -0.4 is 0 Å². The Bertz CT molecular complexity index is 652. The Labute approximate surface area is 147 Å². The van der Waals surface area contributed by atoms with Crippen molar-refractivity contribution in [1.29, 1.82) is 0 Å². The zero-order chi connectivity index (χ0) is 16.8. The number of carbonyl (C=O) groups excluding carboxylic acids is 1. The smallest absolute Gasteiger partial charge is 0.240 e. The lowest BCUT2D eigenvalue weighted by atomic mass is 10.2. The fourth-order valence-corrected chi connectivity index (χ4v) is 2.88. The van der Waals surface area contributed by atoms with Gasteiger partial charge in [-0.05, 0) is 37.1 Å². The largest absolute Gasteiger partial charge is 0.345 e. The molecule has 0 radical (unpaired) electrons. The van der Waals surface area contributed by atoms with Gasteiger partial charge in [0.15, 0.2) is 0 Å². The molecule has 0 aliphatic carbocycles. The number of carbonyl (C=O) groups is 1. The fourth-order valence-electron chi connectivity index (χ4n) is 2.54. The first-order chi connectivity index (χ1) is 11.0. The number of amides is 1. The van der Waals surface area contributed by atoms with E-state index >= 15 is 0 Å². The molecule has 0 spiro atoms. The van der Waals surface area contributed by atoms with E-state index in [-0.39, 0.29) is 5.91 Å². The molecule has 1 aromatic heterocycles. The first-order valence-electron chi connectivity index (χ1n) is 7.83. The van der Waals surface area contributed by atoms with E-state index < -0.39 is 5.38 Å². The van der Waals surface area contributed by atoms with Crippen LogP contribution in [0.2, 0.25) is 5.02 Å². The van der Waals surface area contributed by atoms with Gasteiger partial charge in [0.25, 0.3) is 0 Å². The number of benzene rings is 1. The number of hydrogen-bond acceptors (Lipinski definition) is 1. The van der Waals surface area contributed by atoms with Gasteiger partial charge >= 0.3 is 0 Å². The maximum Gasteiger partial charge on any atom is 0.240 e. The summed E-state index contributed by atoms with van der Waals surface area (Å²) >= 11 is 12.2. The van der Waals surface area contributed by atoms with E-state index in [4.69, 9.17) is 23.2 Å². The van der Waals surface area contributed by atoms with E-state index in [1.807, 2.05) is 47.5 Å². The van der Waals surface area contributed by atoms with Crippen LogP contribution in [0.15, 0.2) is 42.6 Å². The van der Waals surface area contributed by atoms with Crippen molar-refractivity contribution >= 4 is 29.1 Å². The predicted octanol–water partition coefficient (Wildman–Crippen LogP) is 4.56. The molecule has 0 unspecified atom stereocenters. The lowest BCUT2D eigenvalue weighted by Gasteiger charge is -2.24. The second-order valence-corrected chi connectivity index (χ2v) is 6.66. The molecule has 23 heavy (non-hydrogen) atoms. The summed E-state index contributed by atoms with van der Waals surface area (Å²) in [6.07, 6.45) is 2.91. The third-order valence-electron chi connectivity index (χ3n) is 3.72. The second-order valence-electron chi connectivity index (χ2n) is 5.59. The van der Waals surface area contributed by atoms with E-state index in [2.05, 4.69) is 11.5 Å². The van der Waals surface area contributed by atoms with Crippen LogP contribution in [0.5, 0.6) is 0 Å². The van der Waals surface area contributed by atoms with Crippen molar-refractivity contribution in [2.24, 2.45) is 0 Å². The van der Waals surface area contributed by atoms with Crippen molar-refractivity contribution in [3.63, 3.8) is 0 Å². The maximum atomic E-state index is 12.2. The van der Waals surface area contributed by atoms with Gasteiger partial charge in [-0.1, -0.05) is 36.7 Å². The van der Waals surface area contributed by atoms with Gasteiger partial charge in [-0.2, -0.15) is 0 Å². The molecule has 0 aliphatic rings. The summed E-state index contributed by atoms with van der Waals surface area (Å²) in [6.45, 7) is 5.72. The molecule has 0 fully saturated rings. The lowest BCUT2D eigenvalue weighted by molar-refractivity contribution is -0.131. The molecule has 1 heterocycles. The predicted molar refractivity (Wildman–Crippen MR) is 96.0 cm³/mol. The average Bonchev–Trinajstić information content (AvgIpc) is 2.95. The minimum atomic E-state index is -0.506. The summed E-state index contributed by atoms with van der Waals surface area (Å²) in [4.78, 5) is 14.1. The fraction of sp³-hybridized carbons (Fsp3) is 0.389. The number of halogens is 2. The Morgan fingerprint density at radius 1 is 1.26 bits per heavy atom. The molecular formula is C18H22Cl2N2O. The standard InChI is InChI=1S/C18H22Cl2N2O/c1-3-10-22(18(23)14(2)19)13-16-8-6-11-21(16)12-15-7-4-5-9-17(15)20/h4-9,11,14H,3,10,12-13H2,1-2H3/t14-/m1/s1. The Morgan fingerprint density at radius 3 is 2.65 bits per heavy atom. The molecule has 2 aromatic rings. The second kappa shape index (κ2) is 8.42. The van der Waals surface area contributed by atoms with Gasteiger partial charge in [0.1, 0.15) is 5.38 Å². The van der Waals surface area contributed by atoms with Crippen molar-refractivity contribution in [1.82, 2.24) is 9.47 Å².